The highest BCUT2D eigenvalue weighted by Gasteiger charge is 2.24. The minimum absolute atomic E-state index is 0.0860. The molecule has 3 aromatic rings. The van der Waals surface area contributed by atoms with Crippen LogP contribution in [-0.4, -0.2) is 26.4 Å². The van der Waals surface area contributed by atoms with Gasteiger partial charge in [0, 0.05) is 30.6 Å². The molecule has 8 heteroatoms. The van der Waals surface area contributed by atoms with Gasteiger partial charge in [0.05, 0.1) is 16.4 Å². The van der Waals surface area contributed by atoms with E-state index in [1.165, 1.54) is 12.8 Å². The fourth-order valence-corrected chi connectivity index (χ4v) is 4.19. The standard InChI is InChI=1S/C26H29BrClN5O/c1-2-3-4-5-8-20(15-28)23-14-24(33-26(32-23)22(27)17-30-33)29-16-19-7-6-9-21(12-19)31-25(34)13-18-10-11-18/h4-9,12,14,17-18,29H,2-3,10-11,13,15-16H2,1H3,(H,31,34)/b5-4-,20-8+. The zero-order valence-corrected chi connectivity index (χ0v) is 21.6. The van der Waals surface area contributed by atoms with E-state index in [0.29, 0.717) is 24.8 Å². The Labute approximate surface area is 213 Å². The molecule has 1 aromatic carbocycles. The first-order chi connectivity index (χ1) is 16.6. The van der Waals surface area contributed by atoms with Gasteiger partial charge in [0.1, 0.15) is 5.82 Å². The van der Waals surface area contributed by atoms with Gasteiger partial charge in [0.2, 0.25) is 5.91 Å². The first-order valence-corrected chi connectivity index (χ1v) is 13.0. The van der Waals surface area contributed by atoms with E-state index in [-0.39, 0.29) is 5.91 Å². The summed E-state index contributed by atoms with van der Waals surface area (Å²) in [6, 6.07) is 9.88. The van der Waals surface area contributed by atoms with Gasteiger partial charge in [0.15, 0.2) is 5.65 Å². The Bertz CT molecular complexity index is 1220. The van der Waals surface area contributed by atoms with Gasteiger partial charge in [-0.3, -0.25) is 4.79 Å². The molecule has 2 heterocycles. The second kappa shape index (κ2) is 11.7. The lowest BCUT2D eigenvalue weighted by atomic mass is 10.1. The molecule has 0 saturated heterocycles. The number of hydrogen-bond acceptors (Lipinski definition) is 4. The number of aromatic nitrogens is 3. The molecule has 1 aliphatic rings. The predicted octanol–water partition coefficient (Wildman–Crippen LogP) is 6.82. The van der Waals surface area contributed by atoms with Crippen LogP contribution in [0.1, 0.15) is 50.3 Å². The summed E-state index contributed by atoms with van der Waals surface area (Å²) < 4.78 is 2.58. The summed E-state index contributed by atoms with van der Waals surface area (Å²) in [4.78, 5) is 16.9. The van der Waals surface area contributed by atoms with Crippen molar-refractivity contribution in [2.24, 2.45) is 5.92 Å². The molecule has 0 aliphatic heterocycles. The van der Waals surface area contributed by atoms with Crippen molar-refractivity contribution in [3.05, 3.63) is 70.5 Å². The van der Waals surface area contributed by atoms with E-state index in [4.69, 9.17) is 16.6 Å². The number of unbranched alkanes of at least 4 members (excludes halogenated alkanes) is 1. The van der Waals surface area contributed by atoms with Gasteiger partial charge in [0.25, 0.3) is 0 Å². The summed E-state index contributed by atoms with van der Waals surface area (Å²) in [5.74, 6) is 1.81. The van der Waals surface area contributed by atoms with E-state index in [9.17, 15) is 4.79 Å². The van der Waals surface area contributed by atoms with Gasteiger partial charge in [-0.05, 0) is 64.4 Å². The van der Waals surface area contributed by atoms with Crippen LogP contribution in [0, 0.1) is 5.92 Å². The number of halogens is 2. The van der Waals surface area contributed by atoms with Crippen molar-refractivity contribution >= 4 is 56.2 Å². The zero-order chi connectivity index (χ0) is 23.9. The number of nitrogens with zero attached hydrogens (tertiary/aromatic N) is 3. The van der Waals surface area contributed by atoms with Crippen LogP contribution in [0.4, 0.5) is 11.5 Å². The third-order valence-corrected chi connectivity index (χ3v) is 6.49. The molecule has 1 fully saturated rings. The Hall–Kier alpha value is -2.64. The highest BCUT2D eigenvalue weighted by atomic mass is 79.9. The number of fused-ring (bicyclic) bond motifs is 1. The largest absolute Gasteiger partial charge is 0.366 e. The van der Waals surface area contributed by atoms with E-state index in [2.05, 4.69) is 44.7 Å². The number of allylic oxidation sites excluding steroid dienone is 4. The molecule has 1 saturated carbocycles. The van der Waals surface area contributed by atoms with Gasteiger partial charge in [-0.1, -0.05) is 43.7 Å². The Kier molecular flexibility index (Phi) is 8.40. The Morgan fingerprint density at radius 1 is 1.32 bits per heavy atom. The van der Waals surface area contributed by atoms with Crippen LogP contribution in [0.3, 0.4) is 0 Å². The van der Waals surface area contributed by atoms with E-state index in [0.717, 1.165) is 51.3 Å². The molecule has 1 aliphatic carbocycles. The number of carbonyl (C=O) groups excluding carboxylic acids is 1. The topological polar surface area (TPSA) is 71.3 Å². The number of rotatable bonds is 11. The number of benzene rings is 1. The van der Waals surface area contributed by atoms with Gasteiger partial charge < -0.3 is 10.6 Å². The van der Waals surface area contributed by atoms with Crippen LogP contribution in [0.25, 0.3) is 11.2 Å². The molecule has 1 amide bonds. The van der Waals surface area contributed by atoms with Crippen LogP contribution in [-0.2, 0) is 11.3 Å². The fourth-order valence-electron chi connectivity index (χ4n) is 3.62. The summed E-state index contributed by atoms with van der Waals surface area (Å²) in [7, 11) is 0. The molecule has 0 radical (unpaired) electrons. The van der Waals surface area contributed by atoms with Crippen molar-refractivity contribution in [2.75, 3.05) is 16.5 Å². The summed E-state index contributed by atoms with van der Waals surface area (Å²) in [6.45, 7) is 2.72. The molecule has 2 aromatic heterocycles. The monoisotopic (exact) mass is 541 g/mol. The second-order valence-electron chi connectivity index (χ2n) is 8.55. The van der Waals surface area contributed by atoms with E-state index in [1.54, 1.807) is 10.7 Å². The van der Waals surface area contributed by atoms with Crippen LogP contribution in [0.15, 0.2) is 59.2 Å². The van der Waals surface area contributed by atoms with Crippen LogP contribution in [0.5, 0.6) is 0 Å². The molecule has 0 unspecified atom stereocenters. The molecule has 2 N–H and O–H groups in total. The van der Waals surface area contributed by atoms with E-state index < -0.39 is 0 Å². The molecule has 0 spiro atoms. The number of carbonyl (C=O) groups is 1. The minimum atomic E-state index is 0.0860. The molecular weight excluding hydrogens is 514 g/mol. The van der Waals surface area contributed by atoms with Crippen LogP contribution >= 0.6 is 27.5 Å². The SMILES string of the molecule is CCC/C=C\C=C(/CCl)c1cc(NCc2cccc(NC(=O)CC3CC3)c2)n2ncc(Br)c2n1. The molecule has 4 rings (SSSR count). The average molecular weight is 543 g/mol. The highest BCUT2D eigenvalue weighted by Crippen LogP contribution is 2.32. The Balaban J connectivity index is 1.53. The minimum Gasteiger partial charge on any atom is -0.366 e. The molecule has 6 nitrogen and oxygen atoms in total. The number of amides is 1. The Morgan fingerprint density at radius 2 is 2.18 bits per heavy atom. The highest BCUT2D eigenvalue weighted by molar-refractivity contribution is 9.10. The first kappa shape index (κ1) is 24.5. The predicted molar refractivity (Wildman–Crippen MR) is 143 cm³/mol. The maximum Gasteiger partial charge on any atom is 0.224 e. The summed E-state index contributed by atoms with van der Waals surface area (Å²) >= 11 is 9.82. The zero-order valence-electron chi connectivity index (χ0n) is 19.2. The third kappa shape index (κ3) is 6.48. The average Bonchev–Trinajstić information content (AvgIpc) is 3.57. The van der Waals surface area contributed by atoms with Gasteiger partial charge in [-0.2, -0.15) is 9.61 Å². The van der Waals surface area contributed by atoms with Crippen LogP contribution in [0.2, 0.25) is 0 Å². The van der Waals surface area contributed by atoms with Crippen molar-refractivity contribution in [3.63, 3.8) is 0 Å². The summed E-state index contributed by atoms with van der Waals surface area (Å²) in [6.07, 6.45) is 13.0. The van der Waals surface area contributed by atoms with Crippen molar-refractivity contribution in [1.29, 1.82) is 0 Å². The summed E-state index contributed by atoms with van der Waals surface area (Å²) in [5.41, 5.74) is 4.33. The van der Waals surface area contributed by atoms with E-state index in [1.807, 2.05) is 42.5 Å². The smallest absolute Gasteiger partial charge is 0.224 e. The summed E-state index contributed by atoms with van der Waals surface area (Å²) in [5, 5.41) is 10.9. The molecule has 34 heavy (non-hydrogen) atoms. The quantitative estimate of drug-likeness (QED) is 0.206. The Morgan fingerprint density at radius 3 is 2.94 bits per heavy atom. The number of anilines is 2. The molecule has 0 atom stereocenters. The number of hydrogen-bond donors (Lipinski definition) is 2. The van der Waals surface area contributed by atoms with Crippen molar-refractivity contribution in [1.82, 2.24) is 14.6 Å². The first-order valence-electron chi connectivity index (χ1n) is 11.7. The van der Waals surface area contributed by atoms with Gasteiger partial charge in [-0.25, -0.2) is 4.98 Å². The molecule has 178 valence electrons. The maximum absolute atomic E-state index is 12.2. The van der Waals surface area contributed by atoms with Gasteiger partial charge in [-0.15, -0.1) is 11.6 Å². The molecule has 0 bridgehead atoms. The van der Waals surface area contributed by atoms with Crippen molar-refractivity contribution in [3.8, 4) is 0 Å². The second-order valence-corrected chi connectivity index (χ2v) is 9.67. The fraction of sp³-hybridized carbons (Fsp3) is 0.346. The van der Waals surface area contributed by atoms with Crippen molar-refractivity contribution in [2.45, 2.75) is 45.6 Å². The van der Waals surface area contributed by atoms with E-state index >= 15 is 0 Å². The lowest BCUT2D eigenvalue weighted by Gasteiger charge is -2.12. The molecular formula is C26H29BrClN5O. The van der Waals surface area contributed by atoms with Crippen LogP contribution < -0.4 is 10.6 Å². The lowest BCUT2D eigenvalue weighted by molar-refractivity contribution is -0.116. The number of alkyl halides is 1. The van der Waals surface area contributed by atoms with Gasteiger partial charge >= 0.3 is 0 Å². The van der Waals surface area contributed by atoms with Crippen molar-refractivity contribution < 1.29 is 4.79 Å². The lowest BCUT2D eigenvalue weighted by Crippen LogP contribution is -2.12. The normalized spacial score (nSPS) is 14.1. The number of nitrogens with one attached hydrogen (secondary N) is 2. The third-order valence-electron chi connectivity index (χ3n) is 5.65. The maximum atomic E-state index is 12.2.